The van der Waals surface area contributed by atoms with E-state index in [0.29, 0.717) is 17.1 Å². The van der Waals surface area contributed by atoms with E-state index >= 15 is 0 Å². The molecule has 0 saturated heterocycles. The number of fused-ring (bicyclic) bond motifs is 1. The Kier molecular flexibility index (Phi) is 2.52. The quantitative estimate of drug-likeness (QED) is 0.773. The summed E-state index contributed by atoms with van der Waals surface area (Å²) in [4.78, 5) is 11.3. The molecule has 16 heavy (non-hydrogen) atoms. The highest BCUT2D eigenvalue weighted by molar-refractivity contribution is 5.37. The van der Waals surface area contributed by atoms with Gasteiger partial charge in [-0.25, -0.2) is 4.79 Å². The minimum Gasteiger partial charge on any atom is -0.496 e. The second-order valence-corrected chi connectivity index (χ2v) is 4.04. The smallest absolute Gasteiger partial charge is 0.339 e. The average molecular weight is 226 g/mol. The maximum atomic E-state index is 11.3. The molecular formula is C11H14O5. The SMILES string of the molecule is COc1cc(=O)oc2c1CO[C@](C)(O)[C@H]2C. The monoisotopic (exact) mass is 226 g/mol. The van der Waals surface area contributed by atoms with E-state index in [1.807, 2.05) is 0 Å². The summed E-state index contributed by atoms with van der Waals surface area (Å²) in [5.41, 5.74) is 0.196. The molecule has 0 saturated carbocycles. The third kappa shape index (κ3) is 1.62. The molecule has 2 heterocycles. The lowest BCUT2D eigenvalue weighted by Gasteiger charge is -2.35. The van der Waals surface area contributed by atoms with Crippen LogP contribution in [0.5, 0.6) is 5.75 Å². The Hall–Kier alpha value is -1.33. The lowest BCUT2D eigenvalue weighted by Crippen LogP contribution is -2.39. The minimum atomic E-state index is -1.32. The van der Waals surface area contributed by atoms with Crippen LogP contribution in [0.15, 0.2) is 15.3 Å². The normalized spacial score (nSPS) is 28.6. The third-order valence-electron chi connectivity index (χ3n) is 2.98. The van der Waals surface area contributed by atoms with Gasteiger partial charge in [-0.05, 0) is 6.92 Å². The first kappa shape index (κ1) is 11.2. The summed E-state index contributed by atoms with van der Waals surface area (Å²) in [5.74, 6) is -0.872. The van der Waals surface area contributed by atoms with Crippen LogP contribution in [-0.4, -0.2) is 18.0 Å². The predicted octanol–water partition coefficient (Wildman–Crippen LogP) is 0.991. The van der Waals surface area contributed by atoms with Crippen molar-refractivity contribution in [2.75, 3.05) is 7.11 Å². The number of ether oxygens (including phenoxy) is 2. The van der Waals surface area contributed by atoms with E-state index < -0.39 is 17.3 Å². The molecule has 1 aliphatic rings. The fourth-order valence-corrected chi connectivity index (χ4v) is 1.78. The first-order valence-electron chi connectivity index (χ1n) is 5.03. The fourth-order valence-electron chi connectivity index (χ4n) is 1.78. The van der Waals surface area contributed by atoms with Crippen molar-refractivity contribution in [1.29, 1.82) is 0 Å². The molecule has 0 aliphatic carbocycles. The van der Waals surface area contributed by atoms with Crippen molar-refractivity contribution in [3.05, 3.63) is 27.8 Å². The summed E-state index contributed by atoms with van der Waals surface area (Å²) >= 11 is 0. The molecule has 2 rings (SSSR count). The van der Waals surface area contributed by atoms with Crippen LogP contribution >= 0.6 is 0 Å². The van der Waals surface area contributed by atoms with Crippen LogP contribution in [0.2, 0.25) is 0 Å². The molecule has 0 bridgehead atoms. The van der Waals surface area contributed by atoms with Gasteiger partial charge in [0.1, 0.15) is 11.5 Å². The standard InChI is InChI=1S/C11H14O5/c1-6-10-7(5-15-11(6,2)13)8(14-3)4-9(12)16-10/h4,6,13H,5H2,1-3H3/t6-,11-/m0/s1. The molecule has 88 valence electrons. The average Bonchev–Trinajstić information content (AvgIpc) is 2.23. The summed E-state index contributed by atoms with van der Waals surface area (Å²) in [7, 11) is 1.48. The summed E-state index contributed by atoms with van der Waals surface area (Å²) < 4.78 is 15.5. The number of aliphatic hydroxyl groups is 1. The highest BCUT2D eigenvalue weighted by Crippen LogP contribution is 2.39. The van der Waals surface area contributed by atoms with Crippen LogP contribution in [-0.2, 0) is 11.3 Å². The van der Waals surface area contributed by atoms with Gasteiger partial charge in [-0.3, -0.25) is 0 Å². The number of rotatable bonds is 1. The van der Waals surface area contributed by atoms with Crippen LogP contribution in [0.4, 0.5) is 0 Å². The second-order valence-electron chi connectivity index (χ2n) is 4.04. The van der Waals surface area contributed by atoms with Crippen LogP contribution in [0.25, 0.3) is 0 Å². The van der Waals surface area contributed by atoms with E-state index in [0.717, 1.165) is 0 Å². The van der Waals surface area contributed by atoms with Crippen LogP contribution < -0.4 is 10.4 Å². The zero-order valence-electron chi connectivity index (χ0n) is 9.44. The largest absolute Gasteiger partial charge is 0.496 e. The van der Waals surface area contributed by atoms with Gasteiger partial charge < -0.3 is 19.0 Å². The predicted molar refractivity (Wildman–Crippen MR) is 55.4 cm³/mol. The summed E-state index contributed by atoms with van der Waals surface area (Å²) in [6.07, 6.45) is 0. The van der Waals surface area contributed by atoms with Gasteiger partial charge in [0.15, 0.2) is 5.79 Å². The van der Waals surface area contributed by atoms with Gasteiger partial charge >= 0.3 is 5.63 Å². The van der Waals surface area contributed by atoms with Crippen LogP contribution in [0, 0.1) is 0 Å². The minimum absolute atomic E-state index is 0.166. The molecule has 1 aromatic heterocycles. The van der Waals surface area contributed by atoms with Crippen molar-refractivity contribution in [3.63, 3.8) is 0 Å². The third-order valence-corrected chi connectivity index (χ3v) is 2.98. The Morgan fingerprint density at radius 1 is 1.62 bits per heavy atom. The first-order chi connectivity index (χ1) is 7.45. The molecule has 0 aromatic carbocycles. The van der Waals surface area contributed by atoms with Crippen molar-refractivity contribution < 1.29 is 19.0 Å². The van der Waals surface area contributed by atoms with E-state index in [4.69, 9.17) is 13.9 Å². The van der Waals surface area contributed by atoms with Gasteiger partial charge in [0.2, 0.25) is 0 Å². The van der Waals surface area contributed by atoms with Gasteiger partial charge in [-0.1, -0.05) is 6.92 Å². The molecular weight excluding hydrogens is 212 g/mol. The number of hydrogen-bond acceptors (Lipinski definition) is 5. The van der Waals surface area contributed by atoms with Crippen molar-refractivity contribution >= 4 is 0 Å². The Morgan fingerprint density at radius 2 is 2.31 bits per heavy atom. The van der Waals surface area contributed by atoms with E-state index in [9.17, 15) is 9.90 Å². The highest BCUT2D eigenvalue weighted by atomic mass is 16.6. The van der Waals surface area contributed by atoms with Gasteiger partial charge in [0.05, 0.1) is 31.3 Å². The zero-order valence-corrected chi connectivity index (χ0v) is 9.44. The maximum Gasteiger partial charge on any atom is 0.339 e. The molecule has 0 unspecified atom stereocenters. The summed E-state index contributed by atoms with van der Waals surface area (Å²) in [5, 5.41) is 9.92. The topological polar surface area (TPSA) is 68.9 Å². The number of hydrogen-bond donors (Lipinski definition) is 1. The van der Waals surface area contributed by atoms with Gasteiger partial charge in [0, 0.05) is 0 Å². The first-order valence-corrected chi connectivity index (χ1v) is 5.03. The van der Waals surface area contributed by atoms with Gasteiger partial charge in [-0.15, -0.1) is 0 Å². The summed E-state index contributed by atoms with van der Waals surface area (Å²) in [6.45, 7) is 3.44. The molecule has 0 radical (unpaired) electrons. The molecule has 0 fully saturated rings. The Balaban J connectivity index is 2.60. The second kappa shape index (κ2) is 3.61. The molecule has 5 nitrogen and oxygen atoms in total. The summed E-state index contributed by atoms with van der Waals surface area (Å²) in [6, 6.07) is 1.27. The number of methoxy groups -OCH3 is 1. The van der Waals surface area contributed by atoms with E-state index in [1.165, 1.54) is 13.2 Å². The van der Waals surface area contributed by atoms with Crippen LogP contribution in [0.1, 0.15) is 31.1 Å². The lowest BCUT2D eigenvalue weighted by molar-refractivity contribution is -0.222. The lowest BCUT2D eigenvalue weighted by atomic mass is 9.93. The van der Waals surface area contributed by atoms with Crippen molar-refractivity contribution in [2.24, 2.45) is 0 Å². The van der Waals surface area contributed by atoms with Crippen molar-refractivity contribution in [1.82, 2.24) is 0 Å². The molecule has 2 atom stereocenters. The molecule has 0 spiro atoms. The van der Waals surface area contributed by atoms with E-state index in [-0.39, 0.29) is 6.61 Å². The zero-order chi connectivity index (χ0) is 11.9. The molecule has 0 amide bonds. The Morgan fingerprint density at radius 3 is 2.94 bits per heavy atom. The van der Waals surface area contributed by atoms with Crippen LogP contribution in [0.3, 0.4) is 0 Å². The van der Waals surface area contributed by atoms with Crippen molar-refractivity contribution in [2.45, 2.75) is 32.2 Å². The molecule has 1 aromatic rings. The fraction of sp³-hybridized carbons (Fsp3) is 0.545. The highest BCUT2D eigenvalue weighted by Gasteiger charge is 2.39. The van der Waals surface area contributed by atoms with Crippen molar-refractivity contribution in [3.8, 4) is 5.75 Å². The van der Waals surface area contributed by atoms with E-state index in [2.05, 4.69) is 0 Å². The van der Waals surface area contributed by atoms with E-state index in [1.54, 1.807) is 13.8 Å². The Bertz CT molecular complexity index is 460. The van der Waals surface area contributed by atoms with Gasteiger partial charge in [-0.2, -0.15) is 0 Å². The maximum absolute atomic E-state index is 11.3. The Labute approximate surface area is 92.6 Å². The molecule has 1 aliphatic heterocycles. The molecule has 5 heteroatoms. The molecule has 1 N–H and O–H groups in total. The van der Waals surface area contributed by atoms with Gasteiger partial charge in [0.25, 0.3) is 0 Å².